The highest BCUT2D eigenvalue weighted by Gasteiger charge is 2.48. The lowest BCUT2D eigenvalue weighted by Crippen LogP contribution is -2.46. The zero-order chi connectivity index (χ0) is 16.4. The normalized spacial score (nSPS) is 26.3. The van der Waals surface area contributed by atoms with Crippen molar-refractivity contribution in [2.24, 2.45) is 5.92 Å². The van der Waals surface area contributed by atoms with E-state index in [0.717, 1.165) is 25.7 Å². The van der Waals surface area contributed by atoms with Crippen LogP contribution in [0, 0.1) is 17.2 Å². The van der Waals surface area contributed by atoms with Crippen molar-refractivity contribution in [2.45, 2.75) is 44.2 Å². The van der Waals surface area contributed by atoms with Crippen molar-refractivity contribution in [3.8, 4) is 6.07 Å². The number of amides is 1. The minimum atomic E-state index is -0.508. The van der Waals surface area contributed by atoms with Gasteiger partial charge in [0.1, 0.15) is 6.04 Å². The van der Waals surface area contributed by atoms with E-state index >= 15 is 0 Å². The quantitative estimate of drug-likeness (QED) is 0.787. The molecule has 1 saturated carbocycles. The van der Waals surface area contributed by atoms with Crippen molar-refractivity contribution in [3.05, 3.63) is 35.4 Å². The monoisotopic (exact) mass is 312 g/mol. The first kappa shape index (κ1) is 15.5. The average Bonchev–Trinajstić information content (AvgIpc) is 2.99. The van der Waals surface area contributed by atoms with Crippen molar-refractivity contribution >= 4 is 11.9 Å². The molecule has 2 fully saturated rings. The van der Waals surface area contributed by atoms with Gasteiger partial charge in [0.05, 0.1) is 18.7 Å². The van der Waals surface area contributed by atoms with Gasteiger partial charge < -0.3 is 9.64 Å². The number of fused-ring (bicyclic) bond motifs is 1. The third-order valence-electron chi connectivity index (χ3n) is 5.03. The number of nitriles is 1. The van der Waals surface area contributed by atoms with E-state index in [1.807, 2.05) is 0 Å². The number of methoxy groups -OCH3 is 1. The molecule has 23 heavy (non-hydrogen) atoms. The lowest BCUT2D eigenvalue weighted by molar-refractivity contribution is -0.145. The van der Waals surface area contributed by atoms with Gasteiger partial charge in [0, 0.05) is 11.6 Å². The maximum absolute atomic E-state index is 13.0. The summed E-state index contributed by atoms with van der Waals surface area (Å²) in [7, 11) is 1.36. The van der Waals surface area contributed by atoms with Gasteiger partial charge in [-0.05, 0) is 43.4 Å². The first-order chi connectivity index (χ1) is 11.2. The standard InChI is InChI=1S/C18H20N2O3/c1-23-18(22)16-10-13-6-2-3-8-15(13)20(16)17(21)14-7-4-5-12(9-14)11-19/h4-5,7,9,13,15-16H,2-3,6,8,10H2,1H3/t13-,15+,16+/m1/s1. The highest BCUT2D eigenvalue weighted by molar-refractivity contribution is 5.97. The van der Waals surface area contributed by atoms with Crippen LogP contribution in [0.2, 0.25) is 0 Å². The van der Waals surface area contributed by atoms with E-state index in [1.165, 1.54) is 7.11 Å². The summed E-state index contributed by atoms with van der Waals surface area (Å²) in [6.07, 6.45) is 4.90. The van der Waals surface area contributed by atoms with Crippen LogP contribution in [0.25, 0.3) is 0 Å². The number of ether oxygens (including phenoxy) is 1. The summed E-state index contributed by atoms with van der Waals surface area (Å²) in [5.74, 6) is -0.146. The topological polar surface area (TPSA) is 70.4 Å². The van der Waals surface area contributed by atoms with Crippen LogP contribution >= 0.6 is 0 Å². The molecule has 0 N–H and O–H groups in total. The molecule has 5 heteroatoms. The number of nitrogens with zero attached hydrogens (tertiary/aromatic N) is 2. The molecule has 3 atom stereocenters. The Labute approximate surface area is 135 Å². The fourth-order valence-corrected chi connectivity index (χ4v) is 3.97. The second kappa shape index (κ2) is 6.41. The van der Waals surface area contributed by atoms with Gasteiger partial charge in [-0.25, -0.2) is 4.79 Å². The van der Waals surface area contributed by atoms with Crippen LogP contribution in [0.1, 0.15) is 48.0 Å². The molecule has 1 aromatic carbocycles. The van der Waals surface area contributed by atoms with Gasteiger partial charge in [-0.1, -0.05) is 18.9 Å². The number of hydrogen-bond acceptors (Lipinski definition) is 4. The molecule has 0 unspecified atom stereocenters. The third kappa shape index (κ3) is 2.81. The van der Waals surface area contributed by atoms with E-state index in [2.05, 4.69) is 6.07 Å². The Balaban J connectivity index is 1.94. The predicted molar refractivity (Wildman–Crippen MR) is 83.5 cm³/mol. The lowest BCUT2D eigenvalue weighted by Gasteiger charge is -2.33. The fourth-order valence-electron chi connectivity index (χ4n) is 3.97. The summed E-state index contributed by atoms with van der Waals surface area (Å²) in [6, 6.07) is 8.31. The van der Waals surface area contributed by atoms with Gasteiger partial charge in [0.2, 0.25) is 0 Å². The molecular formula is C18H20N2O3. The molecule has 120 valence electrons. The number of benzene rings is 1. The summed E-state index contributed by atoms with van der Waals surface area (Å²) in [4.78, 5) is 26.9. The highest BCUT2D eigenvalue weighted by atomic mass is 16.5. The number of carbonyl (C=O) groups excluding carboxylic acids is 2. The fraction of sp³-hybridized carbons (Fsp3) is 0.500. The molecule has 1 heterocycles. The van der Waals surface area contributed by atoms with Crippen LogP contribution in [0.5, 0.6) is 0 Å². The molecule has 0 aromatic heterocycles. The summed E-state index contributed by atoms with van der Waals surface area (Å²) >= 11 is 0. The van der Waals surface area contributed by atoms with Crippen LogP contribution < -0.4 is 0 Å². The first-order valence-electron chi connectivity index (χ1n) is 8.06. The van der Waals surface area contributed by atoms with Crippen LogP contribution in [0.15, 0.2) is 24.3 Å². The van der Waals surface area contributed by atoms with Crippen molar-refractivity contribution in [3.63, 3.8) is 0 Å². The van der Waals surface area contributed by atoms with Crippen molar-refractivity contribution in [1.29, 1.82) is 5.26 Å². The molecule has 1 aliphatic carbocycles. The molecular weight excluding hydrogens is 292 g/mol. The smallest absolute Gasteiger partial charge is 0.328 e. The summed E-state index contributed by atoms with van der Waals surface area (Å²) in [6.45, 7) is 0. The number of carbonyl (C=O) groups is 2. The molecule has 1 saturated heterocycles. The van der Waals surface area contributed by atoms with Crippen molar-refractivity contribution < 1.29 is 14.3 Å². The highest BCUT2D eigenvalue weighted by Crippen LogP contribution is 2.40. The molecule has 1 aliphatic heterocycles. The molecule has 0 bridgehead atoms. The number of esters is 1. The van der Waals surface area contributed by atoms with Gasteiger partial charge in [0.15, 0.2) is 0 Å². The van der Waals surface area contributed by atoms with Crippen LogP contribution in [0.3, 0.4) is 0 Å². The second-order valence-electron chi connectivity index (χ2n) is 6.29. The Morgan fingerprint density at radius 2 is 2.09 bits per heavy atom. The summed E-state index contributed by atoms with van der Waals surface area (Å²) < 4.78 is 4.92. The second-order valence-corrected chi connectivity index (χ2v) is 6.29. The van der Waals surface area contributed by atoms with E-state index in [0.29, 0.717) is 23.5 Å². The molecule has 2 aliphatic rings. The van der Waals surface area contributed by atoms with E-state index < -0.39 is 6.04 Å². The Morgan fingerprint density at radius 3 is 2.83 bits per heavy atom. The van der Waals surface area contributed by atoms with Gasteiger partial charge >= 0.3 is 5.97 Å². The minimum Gasteiger partial charge on any atom is -0.467 e. The first-order valence-corrected chi connectivity index (χ1v) is 8.06. The van der Waals surface area contributed by atoms with Crippen molar-refractivity contribution in [2.75, 3.05) is 7.11 Å². The average molecular weight is 312 g/mol. The van der Waals surface area contributed by atoms with Crippen LogP contribution in [-0.2, 0) is 9.53 Å². The van der Waals surface area contributed by atoms with Crippen LogP contribution in [-0.4, -0.2) is 36.0 Å². The Kier molecular flexibility index (Phi) is 4.33. The van der Waals surface area contributed by atoms with Gasteiger partial charge in [-0.2, -0.15) is 5.26 Å². The Morgan fingerprint density at radius 1 is 1.30 bits per heavy atom. The van der Waals surface area contributed by atoms with Crippen molar-refractivity contribution in [1.82, 2.24) is 4.90 Å². The number of likely N-dealkylation sites (tertiary alicyclic amines) is 1. The molecule has 0 spiro atoms. The van der Waals surface area contributed by atoms with E-state index in [1.54, 1.807) is 29.2 Å². The third-order valence-corrected chi connectivity index (χ3v) is 5.03. The molecule has 1 amide bonds. The zero-order valence-electron chi connectivity index (χ0n) is 13.2. The molecule has 3 rings (SSSR count). The predicted octanol–water partition coefficient (Wildman–Crippen LogP) is 2.50. The zero-order valence-corrected chi connectivity index (χ0v) is 13.2. The molecule has 1 aromatic rings. The maximum Gasteiger partial charge on any atom is 0.328 e. The SMILES string of the molecule is COC(=O)[C@@H]1C[C@H]2CCCC[C@@H]2N1C(=O)c1cccc(C#N)c1. The largest absolute Gasteiger partial charge is 0.467 e. The Hall–Kier alpha value is -2.35. The van der Waals surface area contributed by atoms with Gasteiger partial charge in [0.25, 0.3) is 5.91 Å². The molecule has 0 radical (unpaired) electrons. The summed E-state index contributed by atoms with van der Waals surface area (Å²) in [5.41, 5.74) is 0.911. The van der Waals surface area contributed by atoms with E-state index in [9.17, 15) is 9.59 Å². The van der Waals surface area contributed by atoms with Gasteiger partial charge in [-0.3, -0.25) is 4.79 Å². The van der Waals surface area contributed by atoms with Gasteiger partial charge in [-0.15, -0.1) is 0 Å². The summed E-state index contributed by atoms with van der Waals surface area (Å²) in [5, 5.41) is 9.03. The minimum absolute atomic E-state index is 0.103. The maximum atomic E-state index is 13.0. The lowest BCUT2D eigenvalue weighted by atomic mass is 9.84. The number of hydrogen-bond donors (Lipinski definition) is 0. The van der Waals surface area contributed by atoms with Crippen LogP contribution in [0.4, 0.5) is 0 Å². The van der Waals surface area contributed by atoms with E-state index in [4.69, 9.17) is 10.00 Å². The molecule has 5 nitrogen and oxygen atoms in total. The Bertz CT molecular complexity index is 664. The van der Waals surface area contributed by atoms with E-state index in [-0.39, 0.29) is 17.9 Å². The number of rotatable bonds is 2.